The number of carbonyl (C=O) groups is 3. The van der Waals surface area contributed by atoms with Crippen molar-refractivity contribution in [1.29, 1.82) is 0 Å². The van der Waals surface area contributed by atoms with E-state index in [1.54, 1.807) is 22.8 Å². The van der Waals surface area contributed by atoms with E-state index in [4.69, 9.17) is 14.2 Å². The fourth-order valence-electron chi connectivity index (χ4n) is 7.00. The van der Waals surface area contributed by atoms with Gasteiger partial charge in [-0.1, -0.05) is 76.0 Å². The average molecular weight is 686 g/mol. The maximum absolute atomic E-state index is 13.4. The summed E-state index contributed by atoms with van der Waals surface area (Å²) in [6.45, 7) is 11.5. The maximum Gasteiger partial charge on any atom is 0.410 e. The number of carbonyl (C=O) groups excluding carboxylic acids is 3. The third-order valence-corrected chi connectivity index (χ3v) is 10.3. The van der Waals surface area contributed by atoms with E-state index in [1.165, 1.54) is 38.5 Å². The zero-order chi connectivity index (χ0) is 35.4. The first kappa shape index (κ1) is 38.6. The monoisotopic (exact) mass is 685 g/mol. The molecule has 0 unspecified atom stereocenters. The van der Waals surface area contributed by atoms with E-state index in [9.17, 15) is 24.6 Å². The van der Waals surface area contributed by atoms with Crippen molar-refractivity contribution in [2.24, 2.45) is 11.8 Å². The summed E-state index contributed by atoms with van der Waals surface area (Å²) in [5.41, 5.74) is -0.695. The number of aliphatic hydroxyl groups is 2. The molecular formula is C38H59N3O8. The lowest BCUT2D eigenvalue weighted by atomic mass is 9.89. The second-order valence-corrected chi connectivity index (χ2v) is 14.6. The Morgan fingerprint density at radius 2 is 1.69 bits per heavy atom. The zero-order valence-corrected chi connectivity index (χ0v) is 30.0. The summed E-state index contributed by atoms with van der Waals surface area (Å²) < 4.78 is 17.3. The molecule has 4 aliphatic rings. The largest absolute Gasteiger partial charge is 0.457 e. The number of ether oxygens (including phenoxy) is 3. The summed E-state index contributed by atoms with van der Waals surface area (Å²) in [7, 11) is 0. The van der Waals surface area contributed by atoms with Crippen LogP contribution in [0.4, 0.5) is 9.59 Å². The molecule has 0 radical (unpaired) electrons. The number of aliphatic hydroxyl groups excluding tert-OH is 1. The molecule has 1 saturated heterocycles. The quantitative estimate of drug-likeness (QED) is 0.119. The lowest BCUT2D eigenvalue weighted by Gasteiger charge is -2.40. The van der Waals surface area contributed by atoms with E-state index in [2.05, 4.69) is 4.90 Å². The number of esters is 1. The molecule has 2 fully saturated rings. The molecule has 11 heteroatoms. The van der Waals surface area contributed by atoms with Gasteiger partial charge in [0.05, 0.1) is 19.1 Å². The van der Waals surface area contributed by atoms with Crippen molar-refractivity contribution in [3.63, 3.8) is 0 Å². The number of amides is 2. The third-order valence-electron chi connectivity index (χ3n) is 10.3. The molecule has 6 atom stereocenters. The zero-order valence-electron chi connectivity index (χ0n) is 30.0. The summed E-state index contributed by atoms with van der Waals surface area (Å²) >= 11 is 0. The first-order valence-corrected chi connectivity index (χ1v) is 18.3. The number of allylic oxidation sites excluding steroid dienone is 2. The topological polar surface area (TPSA) is 129 Å². The third kappa shape index (κ3) is 12.0. The summed E-state index contributed by atoms with van der Waals surface area (Å²) in [5, 5.41) is 22.2. The highest BCUT2D eigenvalue weighted by atomic mass is 16.6. The minimum atomic E-state index is -1.47. The van der Waals surface area contributed by atoms with Crippen LogP contribution >= 0.6 is 0 Å². The molecule has 49 heavy (non-hydrogen) atoms. The van der Waals surface area contributed by atoms with Gasteiger partial charge in [-0.25, -0.2) is 9.59 Å². The Hall–Kier alpha value is -3.15. The van der Waals surface area contributed by atoms with Crippen LogP contribution in [0.25, 0.3) is 0 Å². The second-order valence-electron chi connectivity index (χ2n) is 14.6. The molecule has 0 aromatic carbocycles. The van der Waals surface area contributed by atoms with Gasteiger partial charge in [0, 0.05) is 57.1 Å². The minimum Gasteiger partial charge on any atom is -0.457 e. The molecule has 0 aromatic heterocycles. The fourth-order valence-corrected chi connectivity index (χ4v) is 7.00. The predicted molar refractivity (Wildman–Crippen MR) is 188 cm³/mol. The van der Waals surface area contributed by atoms with Crippen molar-refractivity contribution in [2.75, 3.05) is 45.9 Å². The van der Waals surface area contributed by atoms with Gasteiger partial charge in [-0.15, -0.1) is 0 Å². The number of rotatable bonds is 7. The van der Waals surface area contributed by atoms with Gasteiger partial charge in [0.15, 0.2) is 6.10 Å². The lowest BCUT2D eigenvalue weighted by Crippen LogP contribution is -2.53. The SMILES string of the molecule is C/C(=C\C=C\[C@@H](C)COC(=O)N1CC=CC1)[C@H]1OC(=O)C[C@H](O)CC[C@@](C)(O)[C@@H](OC(=O)N2CCN(C3CCCCCC3)CC2)/C=C/[C@@H]1C. The minimum absolute atomic E-state index is 0.0349. The molecule has 2 N–H and O–H groups in total. The van der Waals surface area contributed by atoms with Crippen molar-refractivity contribution in [1.82, 2.24) is 14.7 Å². The molecule has 0 bridgehead atoms. The Morgan fingerprint density at radius 3 is 2.37 bits per heavy atom. The molecule has 1 saturated carbocycles. The van der Waals surface area contributed by atoms with Crippen LogP contribution in [-0.2, 0) is 19.0 Å². The highest BCUT2D eigenvalue weighted by Gasteiger charge is 2.37. The molecule has 0 spiro atoms. The Labute approximate surface area is 292 Å². The van der Waals surface area contributed by atoms with Crippen LogP contribution in [-0.4, -0.2) is 119 Å². The van der Waals surface area contributed by atoms with E-state index in [-0.39, 0.29) is 43.8 Å². The van der Waals surface area contributed by atoms with E-state index in [0.717, 1.165) is 18.7 Å². The van der Waals surface area contributed by atoms with Crippen LogP contribution in [0.5, 0.6) is 0 Å². The second kappa shape index (κ2) is 18.7. The van der Waals surface area contributed by atoms with E-state index < -0.39 is 36.0 Å². The number of nitrogens with zero attached hydrogens (tertiary/aromatic N) is 3. The summed E-state index contributed by atoms with van der Waals surface area (Å²) in [5.74, 6) is -0.901. The van der Waals surface area contributed by atoms with E-state index >= 15 is 0 Å². The molecular weight excluding hydrogens is 626 g/mol. The van der Waals surface area contributed by atoms with Crippen molar-refractivity contribution >= 4 is 18.2 Å². The van der Waals surface area contributed by atoms with Crippen molar-refractivity contribution in [3.8, 4) is 0 Å². The van der Waals surface area contributed by atoms with Crippen molar-refractivity contribution < 1.29 is 38.8 Å². The van der Waals surface area contributed by atoms with E-state index in [0.29, 0.717) is 32.2 Å². The Kier molecular flexibility index (Phi) is 14.8. The summed E-state index contributed by atoms with van der Waals surface area (Å²) in [6.07, 6.45) is 17.2. The standard InChI is InChI=1S/C38H59N3O8/c1-28(27-47-36(44)40-20-9-10-21-40)12-11-13-29(2)35-30(3)16-17-33(38(4,46)19-18-32(42)26-34(43)49-35)48-37(45)41-24-22-39(23-25-41)31-14-7-5-6-8-15-31/h9-13,16-17,28,30-33,35,42,46H,5-8,14-15,18-27H2,1-4H3/b12-11+,17-16+,29-13+/t28-,30+,32-,33+,35-,38-/m1/s1. The summed E-state index contributed by atoms with van der Waals surface area (Å²) in [6, 6.07) is 0.587. The number of hydrogen-bond donors (Lipinski definition) is 2. The average Bonchev–Trinajstić information content (AvgIpc) is 3.49. The van der Waals surface area contributed by atoms with Crippen LogP contribution in [0.2, 0.25) is 0 Å². The normalized spacial score (nSPS) is 31.4. The molecule has 2 amide bonds. The van der Waals surface area contributed by atoms with Crippen LogP contribution in [0.1, 0.15) is 85.5 Å². The van der Waals surface area contributed by atoms with Gasteiger partial charge in [-0.3, -0.25) is 9.69 Å². The van der Waals surface area contributed by atoms with Crippen molar-refractivity contribution in [3.05, 3.63) is 48.1 Å². The maximum atomic E-state index is 13.4. The fraction of sp³-hybridized carbons (Fsp3) is 0.711. The van der Waals surface area contributed by atoms with Gasteiger partial charge < -0.3 is 34.2 Å². The van der Waals surface area contributed by atoms with Crippen molar-refractivity contribution in [2.45, 2.75) is 115 Å². The highest BCUT2D eigenvalue weighted by molar-refractivity contribution is 5.70. The van der Waals surface area contributed by atoms with Crippen LogP contribution in [0.3, 0.4) is 0 Å². The van der Waals surface area contributed by atoms with Gasteiger partial charge in [-0.05, 0) is 51.2 Å². The first-order chi connectivity index (χ1) is 23.4. The molecule has 4 rings (SSSR count). The summed E-state index contributed by atoms with van der Waals surface area (Å²) in [4.78, 5) is 44.3. The molecule has 3 heterocycles. The van der Waals surface area contributed by atoms with Gasteiger partial charge >= 0.3 is 18.2 Å². The molecule has 274 valence electrons. The van der Waals surface area contributed by atoms with Gasteiger partial charge in [0.25, 0.3) is 0 Å². The first-order valence-electron chi connectivity index (χ1n) is 18.3. The smallest absolute Gasteiger partial charge is 0.410 e. The lowest BCUT2D eigenvalue weighted by molar-refractivity contribution is -0.151. The predicted octanol–water partition coefficient (Wildman–Crippen LogP) is 5.38. The number of piperazine rings is 1. The Balaban J connectivity index is 1.40. The van der Waals surface area contributed by atoms with Gasteiger partial charge in [0.2, 0.25) is 0 Å². The number of cyclic esters (lactones) is 1. The van der Waals surface area contributed by atoms with Gasteiger partial charge in [0.1, 0.15) is 11.7 Å². The van der Waals surface area contributed by atoms with Crippen LogP contribution in [0, 0.1) is 11.8 Å². The van der Waals surface area contributed by atoms with Gasteiger partial charge in [-0.2, -0.15) is 0 Å². The molecule has 3 aliphatic heterocycles. The Morgan fingerprint density at radius 1 is 1.02 bits per heavy atom. The van der Waals surface area contributed by atoms with Crippen LogP contribution in [0.15, 0.2) is 48.1 Å². The number of hydrogen-bond acceptors (Lipinski definition) is 9. The molecule has 11 nitrogen and oxygen atoms in total. The Bertz CT molecular complexity index is 1210. The van der Waals surface area contributed by atoms with Crippen LogP contribution < -0.4 is 0 Å². The highest BCUT2D eigenvalue weighted by Crippen LogP contribution is 2.28. The van der Waals surface area contributed by atoms with E-state index in [1.807, 2.05) is 57.2 Å². The molecule has 0 aromatic rings. The molecule has 1 aliphatic carbocycles.